The van der Waals surface area contributed by atoms with Gasteiger partial charge in [0.25, 0.3) is 0 Å². The van der Waals surface area contributed by atoms with E-state index < -0.39 is 19.3 Å². The van der Waals surface area contributed by atoms with Crippen molar-refractivity contribution in [2.45, 2.75) is 6.92 Å². The normalized spacial score (nSPS) is 9.92. The van der Waals surface area contributed by atoms with Crippen molar-refractivity contribution in [1.29, 1.82) is 0 Å². The number of carbonyl (C=O) groups is 2. The van der Waals surface area contributed by atoms with Crippen LogP contribution >= 0.6 is 0 Å². The van der Waals surface area contributed by atoms with Gasteiger partial charge in [0.2, 0.25) is 0 Å². The van der Waals surface area contributed by atoms with Crippen LogP contribution < -0.4 is 18.9 Å². The second-order valence-electron chi connectivity index (χ2n) is 1.90. The average molecular weight is 182 g/mol. The van der Waals surface area contributed by atoms with Gasteiger partial charge in [-0.25, -0.2) is 9.59 Å². The van der Waals surface area contributed by atoms with E-state index >= 15 is 0 Å². The second kappa shape index (κ2) is 6.74. The Morgan fingerprint density at radius 1 is 1.46 bits per heavy atom. The Bertz CT molecular complexity index is 230. The van der Waals surface area contributed by atoms with E-state index in [0.717, 1.165) is 0 Å². The molecule has 13 heavy (non-hydrogen) atoms. The van der Waals surface area contributed by atoms with Crippen molar-refractivity contribution in [3.05, 3.63) is 11.6 Å². The van der Waals surface area contributed by atoms with Gasteiger partial charge in [-0.15, -0.1) is 0 Å². The van der Waals surface area contributed by atoms with Gasteiger partial charge < -0.3 is 21.2 Å². The predicted octanol–water partition coefficient (Wildman–Crippen LogP) is -4.35. The fraction of sp³-hybridized carbons (Fsp3) is 0.200. The van der Waals surface area contributed by atoms with E-state index in [-0.39, 0.29) is 25.9 Å². The molecule has 0 radical (unpaired) electrons. The topological polar surface area (TPSA) is 104 Å². The van der Waals surface area contributed by atoms with Crippen molar-refractivity contribution in [1.82, 2.24) is 0 Å². The van der Waals surface area contributed by atoms with Gasteiger partial charge in [-0.1, -0.05) is 0 Å². The van der Waals surface area contributed by atoms with Gasteiger partial charge >= 0.3 is 38.1 Å². The van der Waals surface area contributed by atoms with Crippen LogP contribution in [-0.4, -0.2) is 34.4 Å². The van der Waals surface area contributed by atoms with E-state index in [4.69, 9.17) is 15.2 Å². The van der Waals surface area contributed by atoms with Crippen LogP contribution in [0.4, 0.5) is 0 Å². The smallest absolute Gasteiger partial charge is 1.00 e. The number of carbonyl (C=O) groups excluding carboxylic acids is 1. The van der Waals surface area contributed by atoms with Crippen molar-refractivity contribution < 1.29 is 49.7 Å². The summed E-state index contributed by atoms with van der Waals surface area (Å²) in [4.78, 5) is 20.6. The largest absolute Gasteiger partial charge is 1.00 e. The monoisotopic (exact) mass is 182 g/mol. The molecule has 0 aliphatic heterocycles. The molecule has 0 spiro atoms. The van der Waals surface area contributed by atoms with Crippen molar-refractivity contribution in [2.75, 3.05) is 0 Å². The molecule has 6 nitrogen and oxygen atoms in total. The standard InChI is InChI=1S/C5H7BO6.Li.H/c1-3(2-4(7)8)5(9)12-6(10)11;;/h2,10-11H,1H3,(H,7,8);;/q;+1;-1/b3-2-;;. The minimum Gasteiger partial charge on any atom is -1.00 e. The molecule has 0 rings (SSSR count). The zero-order valence-electron chi connectivity index (χ0n) is 8.22. The number of hydrogen-bond acceptors (Lipinski definition) is 5. The zero-order chi connectivity index (χ0) is 9.72. The van der Waals surface area contributed by atoms with E-state index in [1.807, 2.05) is 0 Å². The van der Waals surface area contributed by atoms with Crippen molar-refractivity contribution in [3.8, 4) is 0 Å². The molecule has 0 saturated heterocycles. The Labute approximate surface area is 88.0 Å². The fourth-order valence-corrected chi connectivity index (χ4v) is 0.433. The number of carboxylic acids is 1. The summed E-state index contributed by atoms with van der Waals surface area (Å²) >= 11 is 0. The molecule has 8 heteroatoms. The van der Waals surface area contributed by atoms with Gasteiger partial charge in [0.05, 0.1) is 0 Å². The number of aliphatic carboxylic acids is 1. The Balaban J connectivity index is -0.000000605. The number of hydrogen-bond donors (Lipinski definition) is 3. The quantitative estimate of drug-likeness (QED) is 0.301. The molecule has 3 N–H and O–H groups in total. The summed E-state index contributed by atoms with van der Waals surface area (Å²) in [6.45, 7) is 1.18. The first-order chi connectivity index (χ1) is 5.43. The van der Waals surface area contributed by atoms with Crippen LogP contribution in [-0.2, 0) is 14.2 Å². The van der Waals surface area contributed by atoms with Crippen LogP contribution in [0.2, 0.25) is 0 Å². The molecular weight excluding hydrogens is 174 g/mol. The first-order valence-corrected chi connectivity index (χ1v) is 2.92. The van der Waals surface area contributed by atoms with E-state index in [0.29, 0.717) is 6.08 Å². The maximum atomic E-state index is 10.6. The first kappa shape index (κ1) is 14.8. The average Bonchev–Trinajstić information content (AvgIpc) is 1.84. The molecule has 0 aromatic rings. The summed E-state index contributed by atoms with van der Waals surface area (Å²) in [7, 11) is -2.23. The molecule has 0 atom stereocenters. The Hall–Kier alpha value is -0.738. The van der Waals surface area contributed by atoms with Crippen molar-refractivity contribution in [3.63, 3.8) is 0 Å². The molecular formula is C5H8BLiO6. The minimum atomic E-state index is -2.23. The third-order valence-corrected chi connectivity index (χ3v) is 0.874. The van der Waals surface area contributed by atoms with E-state index in [1.54, 1.807) is 0 Å². The van der Waals surface area contributed by atoms with Crippen LogP contribution in [0.3, 0.4) is 0 Å². The molecule has 0 aliphatic rings. The van der Waals surface area contributed by atoms with Crippen LogP contribution in [0.25, 0.3) is 0 Å². The van der Waals surface area contributed by atoms with Crippen molar-refractivity contribution in [2.24, 2.45) is 0 Å². The molecule has 0 unspecified atom stereocenters. The molecule has 68 valence electrons. The van der Waals surface area contributed by atoms with Crippen LogP contribution in [0.5, 0.6) is 0 Å². The SMILES string of the molecule is C/C(=C/C(=O)O)C(=O)OB(O)O.[H-].[Li+]. The molecule has 0 aliphatic carbocycles. The van der Waals surface area contributed by atoms with Gasteiger partial charge in [-0.05, 0) is 6.92 Å². The van der Waals surface area contributed by atoms with Crippen LogP contribution in [0.15, 0.2) is 11.6 Å². The molecule has 0 amide bonds. The molecule has 0 saturated carbocycles. The molecule has 0 bridgehead atoms. The molecule has 0 heterocycles. The molecule has 0 aromatic carbocycles. The van der Waals surface area contributed by atoms with E-state index in [9.17, 15) is 9.59 Å². The van der Waals surface area contributed by atoms with Crippen LogP contribution in [0.1, 0.15) is 8.35 Å². The molecule has 0 aromatic heterocycles. The van der Waals surface area contributed by atoms with Crippen molar-refractivity contribution >= 4 is 19.3 Å². The predicted molar refractivity (Wildman–Crippen MR) is 38.8 cm³/mol. The Morgan fingerprint density at radius 2 is 1.92 bits per heavy atom. The summed E-state index contributed by atoms with van der Waals surface area (Å²) in [6, 6.07) is 0. The third kappa shape index (κ3) is 7.62. The maximum Gasteiger partial charge on any atom is 1.00 e. The number of rotatable bonds is 3. The van der Waals surface area contributed by atoms with Gasteiger partial charge in [-0.2, -0.15) is 0 Å². The van der Waals surface area contributed by atoms with E-state index in [2.05, 4.69) is 4.65 Å². The van der Waals surface area contributed by atoms with Gasteiger partial charge in [0.1, 0.15) is 0 Å². The summed E-state index contributed by atoms with van der Waals surface area (Å²) in [5, 5.41) is 24.4. The van der Waals surface area contributed by atoms with Gasteiger partial charge in [0, 0.05) is 11.6 Å². The maximum absolute atomic E-state index is 10.6. The van der Waals surface area contributed by atoms with Crippen LogP contribution in [0, 0.1) is 0 Å². The Kier molecular flexibility index (Phi) is 7.66. The Morgan fingerprint density at radius 3 is 2.23 bits per heavy atom. The first-order valence-electron chi connectivity index (χ1n) is 2.92. The fourth-order valence-electron chi connectivity index (χ4n) is 0.433. The second-order valence-corrected chi connectivity index (χ2v) is 1.90. The van der Waals surface area contributed by atoms with Gasteiger partial charge in [-0.3, -0.25) is 0 Å². The van der Waals surface area contributed by atoms with E-state index in [1.165, 1.54) is 6.92 Å². The number of carboxylic acid groups (broad SMARTS) is 1. The summed E-state index contributed by atoms with van der Waals surface area (Å²) in [6.07, 6.45) is 0.602. The zero-order valence-corrected chi connectivity index (χ0v) is 7.22. The minimum absolute atomic E-state index is 0. The van der Waals surface area contributed by atoms with Gasteiger partial charge in [0.15, 0.2) is 0 Å². The summed E-state index contributed by atoms with van der Waals surface area (Å²) in [5.74, 6) is -2.40. The summed E-state index contributed by atoms with van der Waals surface area (Å²) < 4.78 is 3.85. The molecule has 0 fully saturated rings. The summed E-state index contributed by atoms with van der Waals surface area (Å²) in [5.41, 5.74) is -0.226. The third-order valence-electron chi connectivity index (χ3n) is 0.874.